The summed E-state index contributed by atoms with van der Waals surface area (Å²) in [7, 11) is 7.59. The molecule has 0 N–H and O–H groups in total. The van der Waals surface area contributed by atoms with Gasteiger partial charge in [-0.2, -0.15) is 4.57 Å². The molecule has 1 aliphatic heterocycles. The summed E-state index contributed by atoms with van der Waals surface area (Å²) in [5.74, 6) is 1.61. The fraction of sp³-hybridized carbons (Fsp3) is 0.148. The van der Waals surface area contributed by atoms with E-state index >= 15 is 0 Å². The number of rotatable bonds is 4. The third-order valence-electron chi connectivity index (χ3n) is 5.93. The van der Waals surface area contributed by atoms with Crippen LogP contribution in [-0.2, 0) is 7.05 Å². The van der Waals surface area contributed by atoms with Crippen LogP contribution >= 0.6 is 11.3 Å². The molecular formula is C27H25N2O2S+. The van der Waals surface area contributed by atoms with Crippen molar-refractivity contribution in [3.8, 4) is 22.6 Å². The zero-order valence-electron chi connectivity index (χ0n) is 18.6. The van der Waals surface area contributed by atoms with E-state index in [1.54, 1.807) is 25.6 Å². The van der Waals surface area contributed by atoms with Crippen molar-refractivity contribution >= 4 is 38.9 Å². The number of allylic oxidation sites excluding steroid dienone is 2. The summed E-state index contributed by atoms with van der Waals surface area (Å²) < 4.78 is 14.7. The highest BCUT2D eigenvalue weighted by atomic mass is 32.1. The Morgan fingerprint density at radius 2 is 1.69 bits per heavy atom. The van der Waals surface area contributed by atoms with E-state index in [0.717, 1.165) is 22.6 Å². The molecule has 5 rings (SSSR count). The van der Waals surface area contributed by atoms with Crippen LogP contribution in [0.15, 0.2) is 72.9 Å². The Bertz CT molecular complexity index is 1360. The average molecular weight is 442 g/mol. The summed E-state index contributed by atoms with van der Waals surface area (Å²) in [6.45, 7) is 0. The van der Waals surface area contributed by atoms with Crippen LogP contribution in [0.3, 0.4) is 0 Å². The van der Waals surface area contributed by atoms with E-state index in [9.17, 15) is 0 Å². The van der Waals surface area contributed by atoms with Crippen molar-refractivity contribution in [3.05, 3.63) is 83.5 Å². The van der Waals surface area contributed by atoms with Crippen molar-refractivity contribution in [1.82, 2.24) is 0 Å². The van der Waals surface area contributed by atoms with E-state index in [1.165, 1.54) is 32.0 Å². The second kappa shape index (κ2) is 8.17. The summed E-state index contributed by atoms with van der Waals surface area (Å²) in [4.78, 5) is 2.16. The summed E-state index contributed by atoms with van der Waals surface area (Å²) in [6.07, 6.45) is 6.57. The zero-order valence-corrected chi connectivity index (χ0v) is 19.4. The number of anilines is 1. The van der Waals surface area contributed by atoms with E-state index in [-0.39, 0.29) is 0 Å². The molecule has 0 spiro atoms. The first-order valence-corrected chi connectivity index (χ1v) is 11.3. The molecule has 0 bridgehead atoms. The van der Waals surface area contributed by atoms with Crippen molar-refractivity contribution in [1.29, 1.82) is 0 Å². The lowest BCUT2D eigenvalue weighted by Gasteiger charge is -2.23. The number of benzene rings is 3. The predicted molar refractivity (Wildman–Crippen MR) is 133 cm³/mol. The first-order valence-electron chi connectivity index (χ1n) is 10.5. The van der Waals surface area contributed by atoms with E-state index in [1.807, 2.05) is 18.2 Å². The molecule has 0 fully saturated rings. The van der Waals surface area contributed by atoms with Crippen LogP contribution in [0.5, 0.6) is 11.5 Å². The summed E-state index contributed by atoms with van der Waals surface area (Å²) in [5.41, 5.74) is 6.93. The second-order valence-electron chi connectivity index (χ2n) is 7.76. The molecular weight excluding hydrogens is 416 g/mol. The molecule has 5 heteroatoms. The van der Waals surface area contributed by atoms with Gasteiger partial charge in [0.1, 0.15) is 23.2 Å². The minimum Gasteiger partial charge on any atom is -0.496 e. The summed E-state index contributed by atoms with van der Waals surface area (Å²) in [5, 5.41) is 1.20. The number of nitrogens with zero attached hydrogens (tertiary/aromatic N) is 2. The van der Waals surface area contributed by atoms with Crippen LogP contribution in [-0.4, -0.2) is 21.3 Å². The van der Waals surface area contributed by atoms with Crippen LogP contribution in [0.25, 0.3) is 33.0 Å². The van der Waals surface area contributed by atoms with Gasteiger partial charge in [0.2, 0.25) is 5.52 Å². The smallest absolute Gasteiger partial charge is 0.263 e. The largest absolute Gasteiger partial charge is 0.496 e. The van der Waals surface area contributed by atoms with Gasteiger partial charge in [-0.1, -0.05) is 35.6 Å². The molecule has 160 valence electrons. The Labute approximate surface area is 192 Å². The highest BCUT2D eigenvalue weighted by Crippen LogP contribution is 2.40. The molecule has 4 nitrogen and oxygen atoms in total. The average Bonchev–Trinajstić information content (AvgIpc) is 3.14. The van der Waals surface area contributed by atoms with Crippen molar-refractivity contribution in [2.24, 2.45) is 7.05 Å². The van der Waals surface area contributed by atoms with E-state index in [0.29, 0.717) is 0 Å². The predicted octanol–water partition coefficient (Wildman–Crippen LogP) is 5.91. The van der Waals surface area contributed by atoms with Crippen molar-refractivity contribution < 1.29 is 14.0 Å². The molecule has 0 saturated carbocycles. The van der Waals surface area contributed by atoms with Crippen LogP contribution in [0, 0.1) is 0 Å². The van der Waals surface area contributed by atoms with Gasteiger partial charge in [0.25, 0.3) is 5.01 Å². The minimum absolute atomic E-state index is 0.806. The maximum atomic E-state index is 5.62. The molecule has 3 aromatic carbocycles. The van der Waals surface area contributed by atoms with E-state index in [2.05, 4.69) is 84.4 Å². The third kappa shape index (κ3) is 3.35. The van der Waals surface area contributed by atoms with Gasteiger partial charge in [0.05, 0.1) is 19.8 Å². The molecule has 0 aliphatic carbocycles. The third-order valence-corrected chi connectivity index (χ3v) is 7.08. The van der Waals surface area contributed by atoms with Gasteiger partial charge in [-0.3, -0.25) is 0 Å². The Morgan fingerprint density at radius 3 is 2.44 bits per heavy atom. The molecule has 32 heavy (non-hydrogen) atoms. The topological polar surface area (TPSA) is 25.6 Å². The van der Waals surface area contributed by atoms with Crippen LogP contribution in [0.4, 0.5) is 5.69 Å². The lowest BCUT2D eigenvalue weighted by atomic mass is 10.00. The van der Waals surface area contributed by atoms with Gasteiger partial charge in [-0.15, -0.1) is 0 Å². The molecule has 2 heterocycles. The van der Waals surface area contributed by atoms with Gasteiger partial charge in [0, 0.05) is 36.6 Å². The van der Waals surface area contributed by atoms with Crippen LogP contribution < -0.4 is 18.9 Å². The Hall–Kier alpha value is -3.57. The number of hydrogen-bond donors (Lipinski definition) is 0. The van der Waals surface area contributed by atoms with Gasteiger partial charge in [-0.05, 0) is 47.5 Å². The highest BCUT2D eigenvalue weighted by Gasteiger charge is 2.20. The fourth-order valence-corrected chi connectivity index (χ4v) is 5.38. The van der Waals surface area contributed by atoms with Crippen LogP contribution in [0.1, 0.15) is 10.6 Å². The molecule has 4 aromatic rings. The minimum atomic E-state index is 0.806. The number of fused-ring (bicyclic) bond motifs is 2. The number of methoxy groups -OCH3 is 2. The summed E-state index contributed by atoms with van der Waals surface area (Å²) in [6, 6.07) is 20.9. The number of para-hydroxylation sites is 1. The first kappa shape index (κ1) is 20.3. The van der Waals surface area contributed by atoms with Gasteiger partial charge >= 0.3 is 0 Å². The Balaban J connectivity index is 1.63. The maximum Gasteiger partial charge on any atom is 0.263 e. The molecule has 0 amide bonds. The molecule has 0 saturated heterocycles. The Kier molecular flexibility index (Phi) is 5.19. The monoisotopic (exact) mass is 441 g/mol. The van der Waals surface area contributed by atoms with Crippen molar-refractivity contribution in [3.63, 3.8) is 0 Å². The number of ether oxygens (including phenoxy) is 2. The lowest BCUT2D eigenvalue weighted by molar-refractivity contribution is -0.642. The van der Waals surface area contributed by atoms with E-state index < -0.39 is 0 Å². The lowest BCUT2D eigenvalue weighted by Crippen LogP contribution is -2.29. The van der Waals surface area contributed by atoms with Gasteiger partial charge in [0.15, 0.2) is 0 Å². The number of thiazole rings is 1. The SMILES string of the molecule is COc1cccc(OC)c1-c1ccc2c(c1)sc(C=C1C=CN(C)c3ccccc31)[n+]2C. The normalized spacial score (nSPS) is 14.1. The first-order chi connectivity index (χ1) is 15.6. The quantitative estimate of drug-likeness (QED) is 0.368. The molecule has 1 aliphatic rings. The fourth-order valence-electron chi connectivity index (χ4n) is 4.24. The van der Waals surface area contributed by atoms with Gasteiger partial charge < -0.3 is 14.4 Å². The second-order valence-corrected chi connectivity index (χ2v) is 8.83. The zero-order chi connectivity index (χ0) is 22.2. The van der Waals surface area contributed by atoms with Crippen LogP contribution in [0.2, 0.25) is 0 Å². The maximum absolute atomic E-state index is 5.62. The highest BCUT2D eigenvalue weighted by molar-refractivity contribution is 7.19. The molecule has 0 radical (unpaired) electrons. The van der Waals surface area contributed by atoms with Gasteiger partial charge in [-0.25, -0.2) is 0 Å². The number of aromatic nitrogens is 1. The van der Waals surface area contributed by atoms with Crippen molar-refractivity contribution in [2.45, 2.75) is 0 Å². The number of hydrogen-bond acceptors (Lipinski definition) is 4. The molecule has 1 aromatic heterocycles. The summed E-state index contributed by atoms with van der Waals surface area (Å²) >= 11 is 1.79. The van der Waals surface area contributed by atoms with E-state index in [4.69, 9.17) is 9.47 Å². The number of aryl methyl sites for hydroxylation is 1. The molecule has 0 atom stereocenters. The van der Waals surface area contributed by atoms with Crippen molar-refractivity contribution in [2.75, 3.05) is 26.2 Å². The standard InChI is InChI=1S/C27H25N2O2S/c1-28-15-14-18(20-8-5-6-9-21(20)28)17-26-29(2)22-13-12-19(16-25(22)32-26)27-23(30-3)10-7-11-24(27)31-4/h5-17H,1-4H3/q+1. The molecule has 0 unspecified atom stereocenters. The Morgan fingerprint density at radius 1 is 0.938 bits per heavy atom.